The predicted molar refractivity (Wildman–Crippen MR) is 62.0 cm³/mol. The first kappa shape index (κ1) is 14.2. The van der Waals surface area contributed by atoms with E-state index < -0.39 is 0 Å². The molecular formula is C11H24N2O2. The van der Waals surface area contributed by atoms with Crippen molar-refractivity contribution in [1.29, 1.82) is 0 Å². The Balaban J connectivity index is 4.39. The highest BCUT2D eigenvalue weighted by Crippen LogP contribution is 2.04. The fourth-order valence-electron chi connectivity index (χ4n) is 1.44. The molecule has 4 heteroatoms. The Morgan fingerprint density at radius 2 is 1.80 bits per heavy atom. The van der Waals surface area contributed by atoms with E-state index in [0.29, 0.717) is 13.2 Å². The molecule has 15 heavy (non-hydrogen) atoms. The van der Waals surface area contributed by atoms with Gasteiger partial charge in [-0.3, -0.25) is 0 Å². The molecule has 0 radical (unpaired) electrons. The summed E-state index contributed by atoms with van der Waals surface area (Å²) in [5.74, 6) is 0. The Hall–Kier alpha value is -0.770. The summed E-state index contributed by atoms with van der Waals surface area (Å²) < 4.78 is 5.01. The molecule has 0 bridgehead atoms. The van der Waals surface area contributed by atoms with Crippen LogP contribution in [0.2, 0.25) is 0 Å². The third kappa shape index (κ3) is 4.51. The normalized spacial score (nSPS) is 10.5. The van der Waals surface area contributed by atoms with Crippen molar-refractivity contribution in [2.24, 2.45) is 0 Å². The van der Waals surface area contributed by atoms with Crippen molar-refractivity contribution in [1.82, 2.24) is 9.80 Å². The molecule has 0 aliphatic carbocycles. The van der Waals surface area contributed by atoms with Crippen LogP contribution >= 0.6 is 0 Å². The number of amides is 2. The van der Waals surface area contributed by atoms with E-state index in [2.05, 4.69) is 0 Å². The largest absolute Gasteiger partial charge is 0.383 e. The van der Waals surface area contributed by atoms with E-state index in [1.807, 2.05) is 37.5 Å². The first-order chi connectivity index (χ1) is 7.08. The Labute approximate surface area is 93.2 Å². The SMILES string of the molecule is CCN(CC)C(=O)N(CCOC)C(C)C. The van der Waals surface area contributed by atoms with Crippen molar-refractivity contribution in [2.75, 3.05) is 33.4 Å². The van der Waals surface area contributed by atoms with Gasteiger partial charge in [0.2, 0.25) is 0 Å². The van der Waals surface area contributed by atoms with E-state index in [9.17, 15) is 4.79 Å². The monoisotopic (exact) mass is 216 g/mol. The van der Waals surface area contributed by atoms with Gasteiger partial charge in [-0.2, -0.15) is 0 Å². The third-order valence-corrected chi connectivity index (χ3v) is 2.44. The molecule has 0 saturated heterocycles. The molecule has 0 heterocycles. The van der Waals surface area contributed by atoms with Crippen LogP contribution in [0, 0.1) is 0 Å². The Morgan fingerprint density at radius 3 is 2.13 bits per heavy atom. The molecule has 0 aromatic rings. The molecule has 90 valence electrons. The van der Waals surface area contributed by atoms with Crippen molar-refractivity contribution >= 4 is 6.03 Å². The van der Waals surface area contributed by atoms with Gasteiger partial charge in [0.25, 0.3) is 0 Å². The van der Waals surface area contributed by atoms with Crippen molar-refractivity contribution in [3.63, 3.8) is 0 Å². The number of nitrogens with zero attached hydrogens (tertiary/aromatic N) is 2. The number of carbonyl (C=O) groups is 1. The van der Waals surface area contributed by atoms with Crippen LogP contribution in [0.5, 0.6) is 0 Å². The average Bonchev–Trinajstić information content (AvgIpc) is 2.19. The van der Waals surface area contributed by atoms with Crippen molar-refractivity contribution < 1.29 is 9.53 Å². The van der Waals surface area contributed by atoms with Gasteiger partial charge in [-0.25, -0.2) is 4.79 Å². The molecule has 0 unspecified atom stereocenters. The molecule has 0 aromatic carbocycles. The highest BCUT2D eigenvalue weighted by Gasteiger charge is 2.20. The van der Waals surface area contributed by atoms with Crippen LogP contribution in [0.25, 0.3) is 0 Å². The maximum absolute atomic E-state index is 12.0. The number of methoxy groups -OCH3 is 1. The maximum Gasteiger partial charge on any atom is 0.320 e. The highest BCUT2D eigenvalue weighted by atomic mass is 16.5. The standard InChI is InChI=1S/C11H24N2O2/c1-6-12(7-2)11(14)13(10(3)4)8-9-15-5/h10H,6-9H2,1-5H3. The molecule has 0 aromatic heterocycles. The molecule has 0 spiro atoms. The average molecular weight is 216 g/mol. The first-order valence-electron chi connectivity index (χ1n) is 5.62. The van der Waals surface area contributed by atoms with E-state index in [1.165, 1.54) is 0 Å². The zero-order chi connectivity index (χ0) is 11.8. The van der Waals surface area contributed by atoms with Crippen LogP contribution in [-0.2, 0) is 4.74 Å². The minimum Gasteiger partial charge on any atom is -0.383 e. The molecule has 0 atom stereocenters. The second-order valence-corrected chi connectivity index (χ2v) is 3.73. The van der Waals surface area contributed by atoms with Gasteiger partial charge >= 0.3 is 6.03 Å². The summed E-state index contributed by atoms with van der Waals surface area (Å²) in [6.07, 6.45) is 0. The van der Waals surface area contributed by atoms with Gasteiger partial charge in [-0.15, -0.1) is 0 Å². The Kier molecular flexibility index (Phi) is 7.13. The predicted octanol–water partition coefficient (Wildman–Crippen LogP) is 1.80. The van der Waals surface area contributed by atoms with Crippen LogP contribution in [0.3, 0.4) is 0 Å². The highest BCUT2D eigenvalue weighted by molar-refractivity contribution is 5.74. The number of hydrogen-bond donors (Lipinski definition) is 0. The Bertz CT molecular complexity index is 179. The topological polar surface area (TPSA) is 32.8 Å². The summed E-state index contributed by atoms with van der Waals surface area (Å²) in [5.41, 5.74) is 0. The fourth-order valence-corrected chi connectivity index (χ4v) is 1.44. The molecular weight excluding hydrogens is 192 g/mol. The molecule has 0 fully saturated rings. The van der Waals surface area contributed by atoms with Crippen LogP contribution in [0.15, 0.2) is 0 Å². The van der Waals surface area contributed by atoms with E-state index in [0.717, 1.165) is 13.1 Å². The van der Waals surface area contributed by atoms with Gasteiger partial charge in [0.1, 0.15) is 0 Å². The summed E-state index contributed by atoms with van der Waals surface area (Å²) in [7, 11) is 1.65. The van der Waals surface area contributed by atoms with E-state index in [1.54, 1.807) is 7.11 Å². The Morgan fingerprint density at radius 1 is 1.27 bits per heavy atom. The smallest absolute Gasteiger partial charge is 0.320 e. The number of carbonyl (C=O) groups excluding carboxylic acids is 1. The van der Waals surface area contributed by atoms with Crippen LogP contribution in [0.1, 0.15) is 27.7 Å². The van der Waals surface area contributed by atoms with E-state index in [-0.39, 0.29) is 12.1 Å². The van der Waals surface area contributed by atoms with Crippen LogP contribution < -0.4 is 0 Å². The summed E-state index contributed by atoms with van der Waals surface area (Å²) in [5, 5.41) is 0. The van der Waals surface area contributed by atoms with E-state index in [4.69, 9.17) is 4.74 Å². The third-order valence-electron chi connectivity index (χ3n) is 2.44. The number of hydrogen-bond acceptors (Lipinski definition) is 2. The minimum absolute atomic E-state index is 0.104. The second kappa shape index (κ2) is 7.51. The number of urea groups is 1. The lowest BCUT2D eigenvalue weighted by atomic mass is 10.3. The van der Waals surface area contributed by atoms with E-state index >= 15 is 0 Å². The van der Waals surface area contributed by atoms with Crippen molar-refractivity contribution in [3.8, 4) is 0 Å². The minimum atomic E-state index is 0.104. The lowest BCUT2D eigenvalue weighted by Gasteiger charge is -2.32. The quantitative estimate of drug-likeness (QED) is 0.678. The van der Waals surface area contributed by atoms with Gasteiger partial charge in [-0.05, 0) is 27.7 Å². The van der Waals surface area contributed by atoms with Gasteiger partial charge in [0.15, 0.2) is 0 Å². The summed E-state index contributed by atoms with van der Waals surface area (Å²) in [6, 6.07) is 0.320. The second-order valence-electron chi connectivity index (χ2n) is 3.73. The number of ether oxygens (including phenoxy) is 1. The van der Waals surface area contributed by atoms with Crippen molar-refractivity contribution in [2.45, 2.75) is 33.7 Å². The molecule has 0 saturated carbocycles. The molecule has 0 aliphatic heterocycles. The lowest BCUT2D eigenvalue weighted by molar-refractivity contribution is 0.114. The molecule has 0 rings (SSSR count). The maximum atomic E-state index is 12.0. The van der Waals surface area contributed by atoms with Gasteiger partial charge in [0, 0.05) is 32.8 Å². The van der Waals surface area contributed by atoms with Gasteiger partial charge in [0.05, 0.1) is 6.61 Å². The van der Waals surface area contributed by atoms with Gasteiger partial charge in [-0.1, -0.05) is 0 Å². The first-order valence-corrected chi connectivity index (χ1v) is 5.62. The summed E-state index contributed by atoms with van der Waals surface area (Å²) in [4.78, 5) is 15.7. The summed E-state index contributed by atoms with van der Waals surface area (Å²) in [6.45, 7) is 10.8. The fraction of sp³-hybridized carbons (Fsp3) is 0.909. The van der Waals surface area contributed by atoms with Gasteiger partial charge < -0.3 is 14.5 Å². The molecule has 0 aliphatic rings. The molecule has 0 N–H and O–H groups in total. The van der Waals surface area contributed by atoms with Crippen molar-refractivity contribution in [3.05, 3.63) is 0 Å². The van der Waals surface area contributed by atoms with Crippen LogP contribution in [-0.4, -0.2) is 55.2 Å². The number of rotatable bonds is 6. The summed E-state index contributed by atoms with van der Waals surface area (Å²) >= 11 is 0. The zero-order valence-corrected chi connectivity index (χ0v) is 10.6. The zero-order valence-electron chi connectivity index (χ0n) is 10.6. The van der Waals surface area contributed by atoms with Crippen LogP contribution in [0.4, 0.5) is 4.79 Å². The lowest BCUT2D eigenvalue weighted by Crippen LogP contribution is -2.47. The molecule has 2 amide bonds. The molecule has 4 nitrogen and oxygen atoms in total.